The zero-order valence-electron chi connectivity index (χ0n) is 17.9. The van der Waals surface area contributed by atoms with Crippen molar-refractivity contribution in [1.29, 1.82) is 0 Å². The first-order valence-electron chi connectivity index (χ1n) is 10.3. The van der Waals surface area contributed by atoms with E-state index in [4.69, 9.17) is 0 Å². The second-order valence-corrected chi connectivity index (χ2v) is 8.29. The number of nitrogens with one attached hydrogen (secondary N) is 1. The van der Waals surface area contributed by atoms with Crippen molar-refractivity contribution in [3.8, 4) is 11.4 Å². The first-order chi connectivity index (χ1) is 16.0. The summed E-state index contributed by atoms with van der Waals surface area (Å²) in [5.74, 6) is -0.946. The summed E-state index contributed by atoms with van der Waals surface area (Å²) >= 11 is 1.15. The van der Waals surface area contributed by atoms with Crippen molar-refractivity contribution in [3.63, 3.8) is 0 Å². The van der Waals surface area contributed by atoms with E-state index in [1.54, 1.807) is 48.1 Å². The lowest BCUT2D eigenvalue weighted by molar-refractivity contribution is -0.117. The van der Waals surface area contributed by atoms with Crippen LogP contribution in [0.25, 0.3) is 11.4 Å². The molecule has 0 saturated heterocycles. The molecule has 2 heterocycles. The number of thioether (sulfide) groups is 1. The van der Waals surface area contributed by atoms with Gasteiger partial charge in [-0.25, -0.2) is 4.39 Å². The van der Waals surface area contributed by atoms with Crippen LogP contribution in [0.15, 0.2) is 78.1 Å². The van der Waals surface area contributed by atoms with Gasteiger partial charge in [-0.2, -0.15) is 0 Å². The molecule has 0 aliphatic heterocycles. The van der Waals surface area contributed by atoms with Crippen LogP contribution in [0.4, 0.5) is 4.39 Å². The molecule has 2 aromatic heterocycles. The Kier molecular flexibility index (Phi) is 6.99. The van der Waals surface area contributed by atoms with E-state index in [0.29, 0.717) is 35.2 Å². The number of aryl methyl sites for hydroxylation is 2. The number of carbonyl (C=O) groups is 2. The first-order valence-corrected chi connectivity index (χ1v) is 11.3. The van der Waals surface area contributed by atoms with Gasteiger partial charge in [0.2, 0.25) is 5.91 Å². The van der Waals surface area contributed by atoms with Gasteiger partial charge in [0, 0.05) is 19.8 Å². The largest absolute Gasteiger partial charge is 0.347 e. The summed E-state index contributed by atoms with van der Waals surface area (Å²) in [6.45, 7) is 0.507. The lowest BCUT2D eigenvalue weighted by Gasteiger charge is -2.11. The van der Waals surface area contributed by atoms with E-state index in [2.05, 4.69) is 15.5 Å². The number of carbonyl (C=O) groups excluding carboxylic acids is 2. The van der Waals surface area contributed by atoms with Gasteiger partial charge in [-0.1, -0.05) is 54.2 Å². The quantitative estimate of drug-likeness (QED) is 0.403. The Morgan fingerprint density at radius 3 is 2.48 bits per heavy atom. The normalized spacial score (nSPS) is 10.8. The van der Waals surface area contributed by atoms with E-state index < -0.39 is 17.6 Å². The highest BCUT2D eigenvalue weighted by Crippen LogP contribution is 2.26. The van der Waals surface area contributed by atoms with Crippen LogP contribution in [-0.2, 0) is 24.8 Å². The van der Waals surface area contributed by atoms with Gasteiger partial charge in [-0.05, 0) is 36.2 Å². The summed E-state index contributed by atoms with van der Waals surface area (Å²) in [5, 5.41) is 11.3. The van der Waals surface area contributed by atoms with Crippen LogP contribution in [0.2, 0.25) is 0 Å². The number of rotatable bonds is 8. The smallest absolute Gasteiger partial charge is 0.274 e. The van der Waals surface area contributed by atoms with Gasteiger partial charge in [0.15, 0.2) is 11.0 Å². The second kappa shape index (κ2) is 10.3. The predicted octanol–water partition coefficient (Wildman–Crippen LogP) is 3.71. The lowest BCUT2D eigenvalue weighted by atomic mass is 10.1. The highest BCUT2D eigenvalue weighted by Gasteiger charge is 2.19. The molecule has 0 radical (unpaired) electrons. The molecule has 1 N–H and O–H groups in total. The summed E-state index contributed by atoms with van der Waals surface area (Å²) in [6.07, 6.45) is 2.42. The van der Waals surface area contributed by atoms with E-state index in [-0.39, 0.29) is 5.75 Å². The van der Waals surface area contributed by atoms with Crippen LogP contribution in [-0.4, -0.2) is 36.9 Å². The Labute approximate surface area is 194 Å². The van der Waals surface area contributed by atoms with Gasteiger partial charge in [0.25, 0.3) is 5.91 Å². The van der Waals surface area contributed by atoms with E-state index in [9.17, 15) is 14.0 Å². The Hall–Kier alpha value is -3.72. The Morgan fingerprint density at radius 2 is 1.76 bits per heavy atom. The van der Waals surface area contributed by atoms with Crippen LogP contribution >= 0.6 is 11.8 Å². The molecule has 0 atom stereocenters. The molecule has 168 valence electrons. The van der Waals surface area contributed by atoms with Crippen molar-refractivity contribution in [2.45, 2.75) is 18.1 Å². The predicted molar refractivity (Wildman–Crippen MR) is 124 cm³/mol. The third-order valence-corrected chi connectivity index (χ3v) is 6.03. The van der Waals surface area contributed by atoms with Crippen molar-refractivity contribution in [2.75, 3.05) is 5.75 Å². The molecular weight excluding hydrogens is 441 g/mol. The fourth-order valence-electron chi connectivity index (χ4n) is 3.38. The SMILES string of the molecule is Cn1cccc1C(=O)NC(=O)CSc1nnc(-c2ccccc2F)n1CCc1ccccc1. The molecule has 0 saturated carbocycles. The number of halogens is 1. The summed E-state index contributed by atoms with van der Waals surface area (Å²) in [7, 11) is 1.73. The van der Waals surface area contributed by atoms with Crippen LogP contribution in [0.3, 0.4) is 0 Å². The second-order valence-electron chi connectivity index (χ2n) is 7.34. The summed E-state index contributed by atoms with van der Waals surface area (Å²) < 4.78 is 17.9. The molecule has 0 fully saturated rings. The highest BCUT2D eigenvalue weighted by molar-refractivity contribution is 7.99. The monoisotopic (exact) mass is 463 g/mol. The number of imide groups is 1. The average Bonchev–Trinajstić information content (AvgIpc) is 3.43. The Morgan fingerprint density at radius 1 is 1.00 bits per heavy atom. The van der Waals surface area contributed by atoms with Gasteiger partial charge < -0.3 is 9.13 Å². The molecule has 9 heteroatoms. The van der Waals surface area contributed by atoms with E-state index in [0.717, 1.165) is 17.3 Å². The summed E-state index contributed by atoms with van der Waals surface area (Å²) in [5.41, 5.74) is 1.85. The maximum absolute atomic E-state index is 14.5. The number of aromatic nitrogens is 4. The van der Waals surface area contributed by atoms with Crippen LogP contribution in [0, 0.1) is 5.82 Å². The zero-order chi connectivity index (χ0) is 23.2. The first kappa shape index (κ1) is 22.5. The number of benzene rings is 2. The molecule has 0 bridgehead atoms. The number of hydrogen-bond acceptors (Lipinski definition) is 5. The minimum absolute atomic E-state index is 0.0308. The molecule has 0 aliphatic carbocycles. The molecule has 4 rings (SSSR count). The molecule has 2 amide bonds. The van der Waals surface area contributed by atoms with Crippen molar-refractivity contribution in [1.82, 2.24) is 24.6 Å². The number of hydrogen-bond donors (Lipinski definition) is 1. The fraction of sp³-hybridized carbons (Fsp3) is 0.167. The topological polar surface area (TPSA) is 81.8 Å². The van der Waals surface area contributed by atoms with Crippen molar-refractivity contribution in [3.05, 3.63) is 90.0 Å². The van der Waals surface area contributed by atoms with Crippen molar-refractivity contribution < 1.29 is 14.0 Å². The standard InChI is InChI=1S/C24H22FN5O2S/c1-29-14-7-12-20(29)23(32)26-21(31)16-33-24-28-27-22(18-10-5-6-11-19(18)25)30(24)15-13-17-8-3-2-4-9-17/h2-12,14H,13,15-16H2,1H3,(H,26,31,32). The van der Waals surface area contributed by atoms with Crippen LogP contribution < -0.4 is 5.32 Å². The highest BCUT2D eigenvalue weighted by atomic mass is 32.2. The molecule has 4 aromatic rings. The van der Waals surface area contributed by atoms with Crippen LogP contribution in [0.5, 0.6) is 0 Å². The molecule has 0 aliphatic rings. The van der Waals surface area contributed by atoms with Gasteiger partial charge in [0.1, 0.15) is 11.5 Å². The van der Waals surface area contributed by atoms with Gasteiger partial charge in [-0.15, -0.1) is 10.2 Å². The lowest BCUT2D eigenvalue weighted by Crippen LogP contribution is -2.33. The van der Waals surface area contributed by atoms with E-state index in [1.807, 2.05) is 34.9 Å². The third-order valence-electron chi connectivity index (χ3n) is 5.06. The molecule has 2 aromatic carbocycles. The maximum Gasteiger partial charge on any atom is 0.274 e. The average molecular weight is 464 g/mol. The van der Waals surface area contributed by atoms with Crippen LogP contribution in [0.1, 0.15) is 16.1 Å². The van der Waals surface area contributed by atoms with Crippen molar-refractivity contribution >= 4 is 23.6 Å². The van der Waals surface area contributed by atoms with Gasteiger partial charge in [-0.3, -0.25) is 14.9 Å². The van der Waals surface area contributed by atoms with Gasteiger partial charge >= 0.3 is 0 Å². The summed E-state index contributed by atoms with van der Waals surface area (Å²) in [4.78, 5) is 24.6. The number of nitrogens with zero attached hydrogens (tertiary/aromatic N) is 4. The minimum atomic E-state index is -0.467. The molecular formula is C24H22FN5O2S. The summed E-state index contributed by atoms with van der Waals surface area (Å²) in [6, 6.07) is 19.7. The Bertz CT molecular complexity index is 1270. The van der Waals surface area contributed by atoms with Crippen molar-refractivity contribution in [2.24, 2.45) is 7.05 Å². The molecule has 7 nitrogen and oxygen atoms in total. The minimum Gasteiger partial charge on any atom is -0.347 e. The molecule has 0 spiro atoms. The Balaban J connectivity index is 1.50. The number of amides is 2. The maximum atomic E-state index is 14.5. The molecule has 0 unspecified atom stereocenters. The molecule has 33 heavy (non-hydrogen) atoms. The van der Waals surface area contributed by atoms with E-state index >= 15 is 0 Å². The van der Waals surface area contributed by atoms with Gasteiger partial charge in [0.05, 0.1) is 11.3 Å². The third kappa shape index (κ3) is 5.38. The fourth-order valence-corrected chi connectivity index (χ4v) is 4.14. The zero-order valence-corrected chi connectivity index (χ0v) is 18.8. The van der Waals surface area contributed by atoms with E-state index in [1.165, 1.54) is 6.07 Å².